The predicted molar refractivity (Wildman–Crippen MR) is 114 cm³/mol. The standard InChI is InChI=1S/C20H18N6S2/c1-4-26(5-2)20-23-17(14-9-7-6-8-10-14)19(28-20)25-24-18-15(11-21)13(3)16(12-22)27-18/h6-10H,4-5H2,1-3H3. The van der Waals surface area contributed by atoms with Gasteiger partial charge in [-0.05, 0) is 26.3 Å². The summed E-state index contributed by atoms with van der Waals surface area (Å²) in [5, 5.41) is 29.4. The first kappa shape index (κ1) is 19.7. The van der Waals surface area contributed by atoms with E-state index in [2.05, 4.69) is 41.1 Å². The minimum atomic E-state index is 0.403. The lowest BCUT2D eigenvalue weighted by molar-refractivity contribution is 0.860. The average Bonchev–Trinajstić information content (AvgIpc) is 3.28. The summed E-state index contributed by atoms with van der Waals surface area (Å²) in [6.07, 6.45) is 0. The van der Waals surface area contributed by atoms with Gasteiger partial charge in [0.15, 0.2) is 15.1 Å². The maximum Gasteiger partial charge on any atom is 0.188 e. The zero-order chi connectivity index (χ0) is 20.1. The van der Waals surface area contributed by atoms with Crippen LogP contribution in [0.25, 0.3) is 11.3 Å². The second-order valence-corrected chi connectivity index (χ2v) is 7.80. The minimum absolute atomic E-state index is 0.403. The number of anilines is 1. The van der Waals surface area contributed by atoms with Crippen LogP contribution in [0, 0.1) is 29.6 Å². The van der Waals surface area contributed by atoms with Gasteiger partial charge in [-0.3, -0.25) is 0 Å². The van der Waals surface area contributed by atoms with Crippen LogP contribution in [-0.4, -0.2) is 18.1 Å². The Hall–Kier alpha value is -3.07. The van der Waals surface area contributed by atoms with Crippen LogP contribution in [0.1, 0.15) is 29.9 Å². The fourth-order valence-electron chi connectivity index (χ4n) is 2.68. The van der Waals surface area contributed by atoms with Crippen molar-refractivity contribution in [2.24, 2.45) is 10.2 Å². The fraction of sp³-hybridized carbons (Fsp3) is 0.250. The lowest BCUT2D eigenvalue weighted by Crippen LogP contribution is -2.21. The number of nitriles is 2. The highest BCUT2D eigenvalue weighted by Gasteiger charge is 2.18. The number of hydrogen-bond acceptors (Lipinski definition) is 8. The molecular formula is C20H18N6S2. The Kier molecular flexibility index (Phi) is 6.15. The monoisotopic (exact) mass is 406 g/mol. The number of thiazole rings is 1. The van der Waals surface area contributed by atoms with Gasteiger partial charge in [0.25, 0.3) is 0 Å². The molecule has 6 nitrogen and oxygen atoms in total. The fourth-order valence-corrected chi connectivity index (χ4v) is 4.60. The van der Waals surface area contributed by atoms with Crippen LogP contribution in [0.4, 0.5) is 15.1 Å². The summed E-state index contributed by atoms with van der Waals surface area (Å²) in [6, 6.07) is 14.1. The number of benzene rings is 1. The van der Waals surface area contributed by atoms with Gasteiger partial charge in [-0.1, -0.05) is 41.7 Å². The number of azo groups is 1. The van der Waals surface area contributed by atoms with Crippen LogP contribution in [0.5, 0.6) is 0 Å². The summed E-state index contributed by atoms with van der Waals surface area (Å²) >= 11 is 2.66. The van der Waals surface area contributed by atoms with E-state index in [0.29, 0.717) is 26.0 Å². The zero-order valence-corrected chi connectivity index (χ0v) is 17.4. The van der Waals surface area contributed by atoms with Gasteiger partial charge < -0.3 is 4.90 Å². The molecule has 0 bridgehead atoms. The summed E-state index contributed by atoms with van der Waals surface area (Å²) in [7, 11) is 0. The third-order valence-corrected chi connectivity index (χ3v) is 6.33. The summed E-state index contributed by atoms with van der Waals surface area (Å²) < 4.78 is 0. The Bertz CT molecular complexity index is 1080. The normalized spacial score (nSPS) is 10.8. The summed E-state index contributed by atoms with van der Waals surface area (Å²) in [5.74, 6) is 0. The van der Waals surface area contributed by atoms with E-state index in [4.69, 9.17) is 4.98 Å². The number of nitrogens with zero attached hydrogens (tertiary/aromatic N) is 6. The molecule has 0 unspecified atom stereocenters. The summed E-state index contributed by atoms with van der Waals surface area (Å²) in [6.45, 7) is 7.63. The van der Waals surface area contributed by atoms with Crippen molar-refractivity contribution in [3.8, 4) is 23.4 Å². The molecule has 0 saturated carbocycles. The van der Waals surface area contributed by atoms with Gasteiger partial charge in [-0.2, -0.15) is 10.5 Å². The van der Waals surface area contributed by atoms with Gasteiger partial charge >= 0.3 is 0 Å². The van der Waals surface area contributed by atoms with Gasteiger partial charge in [-0.15, -0.1) is 21.6 Å². The third kappa shape index (κ3) is 3.79. The Morgan fingerprint density at radius 3 is 2.29 bits per heavy atom. The van der Waals surface area contributed by atoms with E-state index in [1.54, 1.807) is 6.92 Å². The SMILES string of the molecule is CCN(CC)c1nc(-c2ccccc2)c(N=Nc2sc(C#N)c(C)c2C#N)s1. The molecule has 140 valence electrons. The first-order chi connectivity index (χ1) is 13.6. The van der Waals surface area contributed by atoms with Gasteiger partial charge in [0, 0.05) is 18.7 Å². The number of thiophene rings is 1. The molecule has 0 aliphatic carbocycles. The smallest absolute Gasteiger partial charge is 0.188 e. The lowest BCUT2D eigenvalue weighted by atomic mass is 10.2. The molecule has 3 aromatic rings. The molecule has 0 amide bonds. The van der Waals surface area contributed by atoms with Gasteiger partial charge in [0.2, 0.25) is 0 Å². The average molecular weight is 407 g/mol. The molecule has 0 atom stereocenters. The van der Waals surface area contributed by atoms with Crippen LogP contribution >= 0.6 is 22.7 Å². The highest BCUT2D eigenvalue weighted by atomic mass is 32.1. The molecule has 8 heteroatoms. The van der Waals surface area contributed by atoms with Crippen molar-refractivity contribution >= 4 is 37.8 Å². The number of rotatable bonds is 6. The molecule has 0 fully saturated rings. The molecular weight excluding hydrogens is 388 g/mol. The minimum Gasteiger partial charge on any atom is -0.349 e. The predicted octanol–water partition coefficient (Wildman–Crippen LogP) is 6.18. The number of aromatic nitrogens is 1. The molecule has 0 saturated heterocycles. The second-order valence-electron chi connectivity index (χ2n) is 5.85. The van der Waals surface area contributed by atoms with E-state index in [9.17, 15) is 10.5 Å². The lowest BCUT2D eigenvalue weighted by Gasteiger charge is -2.16. The molecule has 28 heavy (non-hydrogen) atoms. The van der Waals surface area contributed by atoms with Crippen molar-refractivity contribution in [2.45, 2.75) is 20.8 Å². The first-order valence-electron chi connectivity index (χ1n) is 8.79. The van der Waals surface area contributed by atoms with Crippen molar-refractivity contribution in [2.75, 3.05) is 18.0 Å². The highest BCUT2D eigenvalue weighted by Crippen LogP contribution is 2.42. The Balaban J connectivity index is 2.08. The number of hydrogen-bond donors (Lipinski definition) is 0. The molecule has 0 N–H and O–H groups in total. The maximum atomic E-state index is 9.41. The second kappa shape index (κ2) is 8.75. The van der Waals surface area contributed by atoms with E-state index in [0.717, 1.165) is 29.5 Å². The third-order valence-electron chi connectivity index (χ3n) is 4.25. The molecule has 0 radical (unpaired) electrons. The highest BCUT2D eigenvalue weighted by molar-refractivity contribution is 7.19. The van der Waals surface area contributed by atoms with Crippen LogP contribution in [0.3, 0.4) is 0 Å². The van der Waals surface area contributed by atoms with Crippen LogP contribution in [0.2, 0.25) is 0 Å². The quantitative estimate of drug-likeness (QED) is 0.457. The largest absolute Gasteiger partial charge is 0.349 e. The Labute approximate surface area is 172 Å². The van der Waals surface area contributed by atoms with Crippen LogP contribution in [-0.2, 0) is 0 Å². The van der Waals surface area contributed by atoms with Gasteiger partial charge in [0.05, 0.1) is 5.56 Å². The van der Waals surface area contributed by atoms with E-state index < -0.39 is 0 Å². The van der Waals surface area contributed by atoms with E-state index in [1.807, 2.05) is 30.3 Å². The summed E-state index contributed by atoms with van der Waals surface area (Å²) in [4.78, 5) is 7.45. The van der Waals surface area contributed by atoms with Crippen LogP contribution in [0.15, 0.2) is 40.6 Å². The molecule has 3 rings (SSSR count). The van der Waals surface area contributed by atoms with Gasteiger partial charge in [0.1, 0.15) is 22.7 Å². The summed E-state index contributed by atoms with van der Waals surface area (Å²) in [5.41, 5.74) is 2.79. The molecule has 2 aromatic heterocycles. The van der Waals surface area contributed by atoms with E-state index in [-0.39, 0.29) is 0 Å². The first-order valence-corrected chi connectivity index (χ1v) is 10.4. The van der Waals surface area contributed by atoms with E-state index >= 15 is 0 Å². The van der Waals surface area contributed by atoms with Crippen molar-refractivity contribution < 1.29 is 0 Å². The Morgan fingerprint density at radius 1 is 1.00 bits per heavy atom. The molecule has 0 aliphatic rings. The Morgan fingerprint density at radius 2 is 1.68 bits per heavy atom. The van der Waals surface area contributed by atoms with Crippen molar-refractivity contribution in [1.29, 1.82) is 10.5 Å². The van der Waals surface area contributed by atoms with Crippen molar-refractivity contribution in [1.82, 2.24) is 4.98 Å². The molecule has 0 aliphatic heterocycles. The molecule has 0 spiro atoms. The molecule has 2 heterocycles. The topological polar surface area (TPSA) is 88.4 Å². The maximum absolute atomic E-state index is 9.41. The van der Waals surface area contributed by atoms with Crippen molar-refractivity contribution in [3.05, 3.63) is 46.3 Å². The zero-order valence-electron chi connectivity index (χ0n) is 15.8. The van der Waals surface area contributed by atoms with Crippen molar-refractivity contribution in [3.63, 3.8) is 0 Å². The van der Waals surface area contributed by atoms with E-state index in [1.165, 1.54) is 22.7 Å². The van der Waals surface area contributed by atoms with Crippen LogP contribution < -0.4 is 4.90 Å². The molecule has 1 aromatic carbocycles. The van der Waals surface area contributed by atoms with Gasteiger partial charge in [-0.25, -0.2) is 4.98 Å².